The Labute approximate surface area is 228 Å². The monoisotopic (exact) mass is 533 g/mol. The van der Waals surface area contributed by atoms with Crippen LogP contribution in [-0.4, -0.2) is 20.3 Å². The van der Waals surface area contributed by atoms with Gasteiger partial charge in [0.05, 0.1) is 21.8 Å². The van der Waals surface area contributed by atoms with Crippen molar-refractivity contribution in [2.45, 2.75) is 107 Å². The Bertz CT molecular complexity index is 1180. The molecule has 2 atom stereocenters. The third kappa shape index (κ3) is 6.21. The summed E-state index contributed by atoms with van der Waals surface area (Å²) in [7, 11) is -1.46. The van der Waals surface area contributed by atoms with Gasteiger partial charge >= 0.3 is 0 Å². The fourth-order valence-corrected chi connectivity index (χ4v) is 11.3. The third-order valence-electron chi connectivity index (χ3n) is 8.38. The normalized spacial score (nSPS) is 19.8. The first-order valence-electron chi connectivity index (χ1n) is 14.5. The third-order valence-corrected chi connectivity index (χ3v) is 13.5. The highest BCUT2D eigenvalue weighted by Crippen LogP contribution is 2.56. The zero-order chi connectivity index (χ0) is 25.8. The molecule has 2 fully saturated rings. The van der Waals surface area contributed by atoms with Crippen molar-refractivity contribution >= 4 is 35.0 Å². The summed E-state index contributed by atoms with van der Waals surface area (Å²) in [5.74, 6) is 0. The molecule has 0 radical (unpaired) electrons. The van der Waals surface area contributed by atoms with E-state index in [9.17, 15) is 4.21 Å². The van der Waals surface area contributed by atoms with E-state index in [4.69, 9.17) is 0 Å². The van der Waals surface area contributed by atoms with Crippen LogP contribution in [0.15, 0.2) is 66.7 Å². The second-order valence-electron chi connectivity index (χ2n) is 12.1. The maximum Gasteiger partial charge on any atom is 0.0979 e. The van der Waals surface area contributed by atoms with Crippen molar-refractivity contribution in [1.82, 2.24) is 4.72 Å². The van der Waals surface area contributed by atoms with Crippen molar-refractivity contribution in [3.05, 3.63) is 77.9 Å². The van der Waals surface area contributed by atoms with Crippen molar-refractivity contribution in [2.75, 3.05) is 0 Å². The van der Waals surface area contributed by atoms with Gasteiger partial charge in [0.2, 0.25) is 0 Å². The quantitative estimate of drug-likeness (QED) is 0.302. The lowest BCUT2D eigenvalue weighted by Gasteiger charge is -2.40. The van der Waals surface area contributed by atoms with Crippen LogP contribution in [0, 0.1) is 0 Å². The molecule has 0 saturated heterocycles. The van der Waals surface area contributed by atoms with E-state index in [-0.39, 0.29) is 18.7 Å². The molecule has 0 amide bonds. The Morgan fingerprint density at radius 3 is 1.92 bits per heavy atom. The van der Waals surface area contributed by atoms with Crippen LogP contribution in [0.25, 0.3) is 10.8 Å². The van der Waals surface area contributed by atoms with Crippen molar-refractivity contribution in [3.63, 3.8) is 0 Å². The van der Waals surface area contributed by atoms with Crippen LogP contribution in [0.3, 0.4) is 0 Å². The van der Waals surface area contributed by atoms with E-state index in [0.717, 1.165) is 11.3 Å². The average Bonchev–Trinajstić information content (AvgIpc) is 2.93. The summed E-state index contributed by atoms with van der Waals surface area (Å²) in [6, 6.07) is 24.4. The van der Waals surface area contributed by atoms with E-state index in [2.05, 4.69) is 92.2 Å². The van der Waals surface area contributed by atoms with Gasteiger partial charge < -0.3 is 0 Å². The van der Waals surface area contributed by atoms with E-state index in [1.165, 1.54) is 86.1 Å². The van der Waals surface area contributed by atoms with Crippen LogP contribution < -0.4 is 10.0 Å². The molecule has 3 aromatic carbocycles. The molecule has 4 heteroatoms. The second-order valence-corrected chi connectivity index (χ2v) is 16.8. The topological polar surface area (TPSA) is 29.1 Å². The van der Waals surface area contributed by atoms with Crippen molar-refractivity contribution in [3.8, 4) is 0 Å². The minimum absolute atomic E-state index is 0.0976. The Kier molecular flexibility index (Phi) is 8.85. The molecule has 2 saturated carbocycles. The summed E-state index contributed by atoms with van der Waals surface area (Å²) < 4.78 is 17.0. The molecule has 198 valence electrons. The summed E-state index contributed by atoms with van der Waals surface area (Å²) in [4.78, 5) is 0. The molecule has 2 aliphatic rings. The van der Waals surface area contributed by atoms with Gasteiger partial charge in [0.15, 0.2) is 0 Å². The fraction of sp³-hybridized carbons (Fsp3) is 0.515. The number of benzene rings is 3. The lowest BCUT2D eigenvalue weighted by atomic mass is 9.94. The Morgan fingerprint density at radius 1 is 0.730 bits per heavy atom. The van der Waals surface area contributed by atoms with Crippen molar-refractivity contribution in [2.24, 2.45) is 0 Å². The lowest BCUT2D eigenvalue weighted by molar-refractivity contribution is 0.487. The lowest BCUT2D eigenvalue weighted by Crippen LogP contribution is -2.38. The average molecular weight is 534 g/mol. The largest absolute Gasteiger partial charge is 0.242 e. The van der Waals surface area contributed by atoms with Crippen LogP contribution in [-0.2, 0) is 11.0 Å². The number of rotatable bonds is 7. The summed E-state index contributed by atoms with van der Waals surface area (Å²) in [6.45, 7) is 6.21. The Hall–Kier alpha value is -1.54. The molecule has 2 aliphatic carbocycles. The van der Waals surface area contributed by atoms with Gasteiger partial charge in [-0.05, 0) is 85.0 Å². The predicted octanol–water partition coefficient (Wildman–Crippen LogP) is 8.75. The van der Waals surface area contributed by atoms with Gasteiger partial charge in [-0.3, -0.25) is 0 Å². The smallest absolute Gasteiger partial charge is 0.0979 e. The van der Waals surface area contributed by atoms with E-state index >= 15 is 0 Å². The number of nitrogens with one attached hydrogen (secondary N) is 1. The molecular formula is C33H44NOPS. The van der Waals surface area contributed by atoms with Gasteiger partial charge in [0.25, 0.3) is 0 Å². The maximum absolute atomic E-state index is 13.6. The van der Waals surface area contributed by atoms with E-state index in [1.54, 1.807) is 5.30 Å². The zero-order valence-corrected chi connectivity index (χ0v) is 24.6. The van der Waals surface area contributed by atoms with Gasteiger partial charge in [-0.2, -0.15) is 0 Å². The molecule has 0 spiro atoms. The van der Waals surface area contributed by atoms with Crippen LogP contribution in [0.1, 0.15) is 102 Å². The highest BCUT2D eigenvalue weighted by Gasteiger charge is 2.35. The summed E-state index contributed by atoms with van der Waals surface area (Å²) >= 11 is 0. The van der Waals surface area contributed by atoms with Crippen LogP contribution in [0.5, 0.6) is 0 Å². The van der Waals surface area contributed by atoms with Crippen LogP contribution >= 0.6 is 7.92 Å². The van der Waals surface area contributed by atoms with Gasteiger partial charge in [-0.15, -0.1) is 0 Å². The predicted molar refractivity (Wildman–Crippen MR) is 164 cm³/mol. The molecule has 37 heavy (non-hydrogen) atoms. The number of hydrogen-bond acceptors (Lipinski definition) is 1. The second kappa shape index (κ2) is 12.1. The fourth-order valence-electron chi connectivity index (χ4n) is 6.46. The number of hydrogen-bond donors (Lipinski definition) is 1. The molecule has 1 unspecified atom stereocenters. The highest BCUT2D eigenvalue weighted by atomic mass is 32.2. The molecule has 2 nitrogen and oxygen atoms in total. The van der Waals surface area contributed by atoms with E-state index < -0.39 is 11.0 Å². The SMILES string of the molecule is CC(C)(C)S(=O)N[C@@H](c1ccccc1P(C1CCCCC1)C1CCCCC1)c1cccc2ccccc12. The molecular weight excluding hydrogens is 489 g/mol. The Morgan fingerprint density at radius 2 is 1.27 bits per heavy atom. The number of fused-ring (bicyclic) bond motifs is 1. The molecule has 0 aromatic heterocycles. The minimum Gasteiger partial charge on any atom is -0.242 e. The molecule has 1 N–H and O–H groups in total. The summed E-state index contributed by atoms with van der Waals surface area (Å²) in [6.07, 6.45) is 13.9. The summed E-state index contributed by atoms with van der Waals surface area (Å²) in [5, 5.41) is 4.07. The first kappa shape index (κ1) is 27.0. The molecule has 0 heterocycles. The standard InChI is InChI=1S/C33H44NOPS/c1-33(2,3)37(35)34-32(29-23-14-16-25-15-10-11-21-28(25)29)30-22-12-13-24-31(30)36(26-17-6-4-7-18-26)27-19-8-5-9-20-27/h10-16,21-24,26-27,32,34H,4-9,17-20H2,1-3H3/t32-,37?/m1/s1. The van der Waals surface area contributed by atoms with Crippen LogP contribution in [0.4, 0.5) is 0 Å². The van der Waals surface area contributed by atoms with Crippen molar-refractivity contribution in [1.29, 1.82) is 0 Å². The summed E-state index contributed by atoms with van der Waals surface area (Å²) in [5.41, 5.74) is 4.26. The highest BCUT2D eigenvalue weighted by molar-refractivity contribution is 7.84. The van der Waals surface area contributed by atoms with Gasteiger partial charge in [-0.1, -0.05) is 113 Å². The Balaban J connectivity index is 1.65. The zero-order valence-electron chi connectivity index (χ0n) is 22.9. The van der Waals surface area contributed by atoms with Crippen molar-refractivity contribution < 1.29 is 4.21 Å². The van der Waals surface area contributed by atoms with E-state index in [1.807, 2.05) is 0 Å². The first-order chi connectivity index (χ1) is 17.9. The van der Waals surface area contributed by atoms with Crippen LogP contribution in [0.2, 0.25) is 0 Å². The van der Waals surface area contributed by atoms with E-state index in [0.29, 0.717) is 0 Å². The van der Waals surface area contributed by atoms with Gasteiger partial charge in [0, 0.05) is 0 Å². The maximum atomic E-state index is 13.6. The molecule has 5 rings (SSSR count). The minimum atomic E-state index is -1.19. The molecule has 0 aliphatic heterocycles. The molecule has 0 bridgehead atoms. The van der Waals surface area contributed by atoms with Gasteiger partial charge in [-0.25, -0.2) is 8.93 Å². The molecule has 3 aromatic rings. The van der Waals surface area contributed by atoms with Gasteiger partial charge in [0.1, 0.15) is 0 Å². The first-order valence-corrected chi connectivity index (χ1v) is 17.1.